The van der Waals surface area contributed by atoms with Crippen molar-refractivity contribution in [3.63, 3.8) is 0 Å². The Bertz CT molecular complexity index is 347. The van der Waals surface area contributed by atoms with E-state index >= 15 is 0 Å². The van der Waals surface area contributed by atoms with Crippen molar-refractivity contribution in [2.45, 2.75) is 31.8 Å². The molecule has 0 saturated heterocycles. The number of halogens is 2. The Hall–Kier alpha value is -0.240. The van der Waals surface area contributed by atoms with Crippen molar-refractivity contribution in [2.24, 2.45) is 5.92 Å². The van der Waals surface area contributed by atoms with Gasteiger partial charge >= 0.3 is 0 Å². The van der Waals surface area contributed by atoms with Crippen molar-refractivity contribution < 1.29 is 5.11 Å². The molecule has 1 aliphatic carbocycles. The van der Waals surface area contributed by atoms with Gasteiger partial charge in [0, 0.05) is 16.5 Å². The van der Waals surface area contributed by atoms with E-state index in [1.807, 2.05) is 6.07 Å². The summed E-state index contributed by atoms with van der Waals surface area (Å²) in [6.07, 6.45) is 3.86. The average molecular weight is 245 g/mol. The minimum absolute atomic E-state index is 0.269. The molecule has 0 radical (unpaired) electrons. The van der Waals surface area contributed by atoms with Gasteiger partial charge in [-0.25, -0.2) is 0 Å². The average Bonchev–Trinajstić information content (AvgIpc) is 2.08. The van der Waals surface area contributed by atoms with E-state index in [9.17, 15) is 5.11 Å². The van der Waals surface area contributed by atoms with Crippen LogP contribution in [0, 0.1) is 5.92 Å². The molecule has 0 amide bonds. The van der Waals surface area contributed by atoms with Crippen LogP contribution in [-0.2, 0) is 6.42 Å². The monoisotopic (exact) mass is 244 g/mol. The van der Waals surface area contributed by atoms with Gasteiger partial charge in [0.05, 0.1) is 6.10 Å². The van der Waals surface area contributed by atoms with Gasteiger partial charge in [-0.3, -0.25) is 0 Å². The summed E-state index contributed by atoms with van der Waals surface area (Å²) in [6.45, 7) is 0. The SMILES string of the molecule is OC(Cc1cc(Cl)ccc1Cl)C1CCC1. The van der Waals surface area contributed by atoms with Gasteiger partial charge in [0.25, 0.3) is 0 Å². The topological polar surface area (TPSA) is 20.2 Å². The molecule has 1 atom stereocenters. The summed E-state index contributed by atoms with van der Waals surface area (Å²) in [5.41, 5.74) is 0.948. The minimum atomic E-state index is -0.269. The summed E-state index contributed by atoms with van der Waals surface area (Å²) in [4.78, 5) is 0. The molecule has 3 heteroatoms. The second-order valence-electron chi connectivity index (χ2n) is 4.20. The lowest BCUT2D eigenvalue weighted by molar-refractivity contribution is 0.0630. The minimum Gasteiger partial charge on any atom is -0.392 e. The van der Waals surface area contributed by atoms with E-state index in [1.54, 1.807) is 12.1 Å². The summed E-state index contributed by atoms with van der Waals surface area (Å²) in [6, 6.07) is 5.39. The van der Waals surface area contributed by atoms with E-state index in [0.29, 0.717) is 22.4 Å². The first-order valence-corrected chi connectivity index (χ1v) is 6.04. The highest BCUT2D eigenvalue weighted by Gasteiger charge is 2.26. The fourth-order valence-electron chi connectivity index (χ4n) is 1.92. The van der Waals surface area contributed by atoms with E-state index < -0.39 is 0 Å². The Morgan fingerprint density at radius 1 is 1.33 bits per heavy atom. The molecule has 1 aliphatic rings. The third-order valence-electron chi connectivity index (χ3n) is 3.13. The fourth-order valence-corrected chi connectivity index (χ4v) is 2.31. The quantitative estimate of drug-likeness (QED) is 0.860. The number of rotatable bonds is 3. The maximum absolute atomic E-state index is 9.94. The van der Waals surface area contributed by atoms with E-state index in [-0.39, 0.29) is 6.10 Å². The summed E-state index contributed by atoms with van der Waals surface area (Å²) in [5, 5.41) is 11.3. The summed E-state index contributed by atoms with van der Waals surface area (Å²) >= 11 is 11.9. The van der Waals surface area contributed by atoms with E-state index in [4.69, 9.17) is 23.2 Å². The maximum Gasteiger partial charge on any atom is 0.0609 e. The second-order valence-corrected chi connectivity index (χ2v) is 5.04. The van der Waals surface area contributed by atoms with Crippen molar-refractivity contribution in [2.75, 3.05) is 0 Å². The van der Waals surface area contributed by atoms with Crippen LogP contribution in [0.1, 0.15) is 24.8 Å². The van der Waals surface area contributed by atoms with Crippen LogP contribution in [0.3, 0.4) is 0 Å². The number of hydrogen-bond acceptors (Lipinski definition) is 1. The van der Waals surface area contributed by atoms with Crippen molar-refractivity contribution in [3.8, 4) is 0 Å². The fraction of sp³-hybridized carbons (Fsp3) is 0.500. The number of hydrogen-bond donors (Lipinski definition) is 1. The molecule has 1 fully saturated rings. The molecule has 0 spiro atoms. The third-order valence-corrected chi connectivity index (χ3v) is 3.73. The highest BCUT2D eigenvalue weighted by Crippen LogP contribution is 2.32. The molecule has 1 saturated carbocycles. The summed E-state index contributed by atoms with van der Waals surface area (Å²) in [7, 11) is 0. The molecule has 1 unspecified atom stereocenters. The maximum atomic E-state index is 9.94. The molecular formula is C12H14Cl2O. The molecule has 15 heavy (non-hydrogen) atoms. The lowest BCUT2D eigenvalue weighted by Crippen LogP contribution is -2.28. The second kappa shape index (κ2) is 4.73. The molecule has 82 valence electrons. The van der Waals surface area contributed by atoms with Gasteiger partial charge in [0.1, 0.15) is 0 Å². The highest BCUT2D eigenvalue weighted by atomic mass is 35.5. The van der Waals surface area contributed by atoms with Crippen molar-refractivity contribution in [1.82, 2.24) is 0 Å². The lowest BCUT2D eigenvalue weighted by Gasteiger charge is -2.30. The molecule has 0 heterocycles. The Kier molecular flexibility index (Phi) is 3.55. The Balaban J connectivity index is 2.05. The Labute approximate surface area is 100 Å². The van der Waals surface area contributed by atoms with Crippen LogP contribution in [0.4, 0.5) is 0 Å². The largest absolute Gasteiger partial charge is 0.392 e. The Morgan fingerprint density at radius 2 is 2.07 bits per heavy atom. The predicted octanol–water partition coefficient (Wildman–Crippen LogP) is 3.70. The van der Waals surface area contributed by atoms with Crippen LogP contribution < -0.4 is 0 Å². The molecule has 2 rings (SSSR count). The van der Waals surface area contributed by atoms with Gasteiger partial charge in [0.2, 0.25) is 0 Å². The standard InChI is InChI=1S/C12H14Cl2O/c13-10-4-5-11(14)9(6-10)7-12(15)8-2-1-3-8/h4-6,8,12,15H,1-3,7H2. The van der Waals surface area contributed by atoms with Crippen molar-refractivity contribution >= 4 is 23.2 Å². The zero-order valence-corrected chi connectivity index (χ0v) is 9.93. The first kappa shape index (κ1) is 11.3. The smallest absolute Gasteiger partial charge is 0.0609 e. The number of benzene rings is 1. The lowest BCUT2D eigenvalue weighted by atomic mass is 9.79. The predicted molar refractivity (Wildman–Crippen MR) is 63.5 cm³/mol. The van der Waals surface area contributed by atoms with Crippen LogP contribution in [0.2, 0.25) is 10.0 Å². The molecule has 1 aromatic carbocycles. The number of aliphatic hydroxyl groups is 1. The van der Waals surface area contributed by atoms with E-state index in [2.05, 4.69) is 0 Å². The van der Waals surface area contributed by atoms with Crippen molar-refractivity contribution in [1.29, 1.82) is 0 Å². The summed E-state index contributed by atoms with van der Waals surface area (Å²) < 4.78 is 0. The van der Waals surface area contributed by atoms with Gasteiger partial charge in [-0.15, -0.1) is 0 Å². The van der Waals surface area contributed by atoms with E-state index in [1.165, 1.54) is 6.42 Å². The van der Waals surface area contributed by atoms with Gasteiger partial charge in [-0.05, 0) is 42.5 Å². The normalized spacial score (nSPS) is 18.6. The molecule has 1 N–H and O–H groups in total. The van der Waals surface area contributed by atoms with Crippen LogP contribution >= 0.6 is 23.2 Å². The number of aliphatic hydroxyl groups excluding tert-OH is 1. The Morgan fingerprint density at radius 3 is 2.67 bits per heavy atom. The highest BCUT2D eigenvalue weighted by molar-refractivity contribution is 6.33. The van der Waals surface area contributed by atoms with Crippen molar-refractivity contribution in [3.05, 3.63) is 33.8 Å². The van der Waals surface area contributed by atoms with E-state index in [0.717, 1.165) is 18.4 Å². The first-order valence-electron chi connectivity index (χ1n) is 5.29. The van der Waals surface area contributed by atoms with Crippen LogP contribution in [-0.4, -0.2) is 11.2 Å². The molecular weight excluding hydrogens is 231 g/mol. The van der Waals surface area contributed by atoms with Gasteiger partial charge < -0.3 is 5.11 Å². The summed E-state index contributed by atoms with van der Waals surface area (Å²) in [5.74, 6) is 0.458. The van der Waals surface area contributed by atoms with Crippen LogP contribution in [0.5, 0.6) is 0 Å². The zero-order valence-electron chi connectivity index (χ0n) is 8.42. The molecule has 0 aromatic heterocycles. The van der Waals surface area contributed by atoms with Gasteiger partial charge in [-0.2, -0.15) is 0 Å². The third kappa shape index (κ3) is 2.66. The van der Waals surface area contributed by atoms with Crippen LogP contribution in [0.25, 0.3) is 0 Å². The molecule has 1 aromatic rings. The van der Waals surface area contributed by atoms with Crippen LogP contribution in [0.15, 0.2) is 18.2 Å². The van der Waals surface area contributed by atoms with Gasteiger partial charge in [0.15, 0.2) is 0 Å². The molecule has 0 aliphatic heterocycles. The molecule has 0 bridgehead atoms. The zero-order chi connectivity index (χ0) is 10.8. The molecule has 1 nitrogen and oxygen atoms in total. The van der Waals surface area contributed by atoms with Gasteiger partial charge in [-0.1, -0.05) is 29.6 Å². The first-order chi connectivity index (χ1) is 7.16.